The maximum absolute atomic E-state index is 13.3. The molecule has 0 radical (unpaired) electrons. The van der Waals surface area contributed by atoms with Crippen molar-refractivity contribution >= 4 is 17.4 Å². The van der Waals surface area contributed by atoms with Gasteiger partial charge in [0.25, 0.3) is 11.8 Å². The standard InChI is InChI=1S/C23H33N3O2/c1-4-6-7-8-13-26-22(27)20(19-11-9-18(3)10-12-19)21(23(26)28)25-16-14-24(5-2)15-17-25/h9-12H,4-8,13-17H2,1-3H3. The van der Waals surface area contributed by atoms with Gasteiger partial charge in [-0.3, -0.25) is 14.5 Å². The zero-order chi connectivity index (χ0) is 20.1. The second-order valence-electron chi connectivity index (χ2n) is 7.83. The Kier molecular flexibility index (Phi) is 6.89. The molecule has 0 aliphatic carbocycles. The second kappa shape index (κ2) is 9.37. The van der Waals surface area contributed by atoms with Gasteiger partial charge in [0.1, 0.15) is 5.70 Å². The molecule has 28 heavy (non-hydrogen) atoms. The van der Waals surface area contributed by atoms with Gasteiger partial charge in [-0.2, -0.15) is 0 Å². The summed E-state index contributed by atoms with van der Waals surface area (Å²) < 4.78 is 0. The molecule has 3 rings (SSSR count). The SMILES string of the molecule is CCCCCCN1C(=O)C(c2ccc(C)cc2)=C(N2CCN(CC)CC2)C1=O. The van der Waals surface area contributed by atoms with Crippen LogP contribution in [0.4, 0.5) is 0 Å². The van der Waals surface area contributed by atoms with Crippen molar-refractivity contribution in [3.8, 4) is 0 Å². The first kappa shape index (κ1) is 20.6. The van der Waals surface area contributed by atoms with Gasteiger partial charge in [-0.25, -0.2) is 0 Å². The van der Waals surface area contributed by atoms with Crippen LogP contribution in [0.15, 0.2) is 30.0 Å². The molecule has 1 fully saturated rings. The molecule has 152 valence electrons. The molecule has 5 nitrogen and oxygen atoms in total. The summed E-state index contributed by atoms with van der Waals surface area (Å²) in [7, 11) is 0. The van der Waals surface area contributed by atoms with Crippen LogP contribution in [-0.4, -0.2) is 65.8 Å². The summed E-state index contributed by atoms with van der Waals surface area (Å²) in [5.74, 6) is -0.236. The number of amides is 2. The number of hydrogen-bond acceptors (Lipinski definition) is 4. The van der Waals surface area contributed by atoms with Crippen LogP contribution < -0.4 is 0 Å². The maximum Gasteiger partial charge on any atom is 0.277 e. The van der Waals surface area contributed by atoms with E-state index in [1.54, 1.807) is 0 Å². The van der Waals surface area contributed by atoms with Crippen LogP contribution in [0.2, 0.25) is 0 Å². The van der Waals surface area contributed by atoms with Gasteiger partial charge in [-0.1, -0.05) is 62.9 Å². The highest BCUT2D eigenvalue weighted by molar-refractivity contribution is 6.35. The van der Waals surface area contributed by atoms with E-state index in [0.29, 0.717) is 17.8 Å². The lowest BCUT2D eigenvalue weighted by molar-refractivity contribution is -0.137. The van der Waals surface area contributed by atoms with E-state index >= 15 is 0 Å². The fourth-order valence-corrected chi connectivity index (χ4v) is 4.02. The van der Waals surface area contributed by atoms with Crippen LogP contribution in [0.3, 0.4) is 0 Å². The van der Waals surface area contributed by atoms with Crippen LogP contribution >= 0.6 is 0 Å². The van der Waals surface area contributed by atoms with E-state index < -0.39 is 0 Å². The highest BCUT2D eigenvalue weighted by atomic mass is 16.2. The molecule has 0 atom stereocenters. The number of rotatable bonds is 8. The number of aryl methyl sites for hydroxylation is 1. The fraction of sp³-hybridized carbons (Fsp3) is 0.565. The molecule has 0 unspecified atom stereocenters. The summed E-state index contributed by atoms with van der Waals surface area (Å²) >= 11 is 0. The van der Waals surface area contributed by atoms with Gasteiger partial charge >= 0.3 is 0 Å². The van der Waals surface area contributed by atoms with Gasteiger partial charge in [0.05, 0.1) is 5.57 Å². The molecule has 1 aromatic rings. The zero-order valence-electron chi connectivity index (χ0n) is 17.5. The summed E-state index contributed by atoms with van der Waals surface area (Å²) in [5.41, 5.74) is 3.20. The Morgan fingerprint density at radius 1 is 0.857 bits per heavy atom. The molecule has 0 aromatic heterocycles. The second-order valence-corrected chi connectivity index (χ2v) is 7.83. The predicted molar refractivity (Wildman–Crippen MR) is 113 cm³/mol. The Morgan fingerprint density at radius 2 is 1.54 bits per heavy atom. The number of piperazine rings is 1. The van der Waals surface area contributed by atoms with Crippen molar-refractivity contribution in [2.45, 2.75) is 46.5 Å². The number of unbranched alkanes of at least 4 members (excludes halogenated alkanes) is 3. The monoisotopic (exact) mass is 383 g/mol. The number of hydrogen-bond donors (Lipinski definition) is 0. The minimum absolute atomic E-state index is 0.109. The highest BCUT2D eigenvalue weighted by Gasteiger charge is 2.41. The number of benzene rings is 1. The van der Waals surface area contributed by atoms with Gasteiger partial charge in [0.15, 0.2) is 0 Å². The Balaban J connectivity index is 1.88. The smallest absolute Gasteiger partial charge is 0.277 e. The molecule has 1 aromatic carbocycles. The first-order valence-corrected chi connectivity index (χ1v) is 10.7. The van der Waals surface area contributed by atoms with Crippen molar-refractivity contribution in [3.05, 3.63) is 41.1 Å². The van der Waals surface area contributed by atoms with E-state index in [-0.39, 0.29) is 11.8 Å². The molecule has 2 amide bonds. The molecule has 2 aliphatic heterocycles. The third-order valence-corrected chi connectivity index (χ3v) is 5.85. The summed E-state index contributed by atoms with van der Waals surface area (Å²) in [6, 6.07) is 7.96. The molecule has 2 heterocycles. The summed E-state index contributed by atoms with van der Waals surface area (Å²) in [5, 5.41) is 0. The van der Waals surface area contributed by atoms with Crippen molar-refractivity contribution in [1.29, 1.82) is 0 Å². The molecule has 0 spiro atoms. The minimum atomic E-state index is -0.127. The number of likely N-dealkylation sites (N-methyl/N-ethyl adjacent to an activating group) is 1. The zero-order valence-corrected chi connectivity index (χ0v) is 17.5. The Hall–Kier alpha value is -2.14. The normalized spacial score (nSPS) is 18.5. The van der Waals surface area contributed by atoms with E-state index in [2.05, 4.69) is 23.6 Å². The Labute approximate surface area is 169 Å². The van der Waals surface area contributed by atoms with E-state index in [1.165, 1.54) is 4.90 Å². The molecule has 2 aliphatic rings. The van der Waals surface area contributed by atoms with Crippen LogP contribution in [0.5, 0.6) is 0 Å². The number of nitrogens with zero attached hydrogens (tertiary/aromatic N) is 3. The van der Waals surface area contributed by atoms with Crippen LogP contribution in [0.25, 0.3) is 5.57 Å². The van der Waals surface area contributed by atoms with E-state index in [1.807, 2.05) is 31.2 Å². The Morgan fingerprint density at radius 3 is 2.14 bits per heavy atom. The molecule has 0 bridgehead atoms. The lowest BCUT2D eigenvalue weighted by Crippen LogP contribution is -2.47. The third-order valence-electron chi connectivity index (χ3n) is 5.85. The van der Waals surface area contributed by atoms with Crippen molar-refractivity contribution < 1.29 is 9.59 Å². The molecule has 1 saturated heterocycles. The molecule has 5 heteroatoms. The summed E-state index contributed by atoms with van der Waals surface area (Å²) in [6.45, 7) is 11.3. The molecule has 0 saturated carbocycles. The minimum Gasteiger partial charge on any atom is -0.364 e. The molecular weight excluding hydrogens is 350 g/mol. The van der Waals surface area contributed by atoms with Crippen LogP contribution in [-0.2, 0) is 9.59 Å². The molecular formula is C23H33N3O2. The van der Waals surface area contributed by atoms with Crippen LogP contribution in [0.1, 0.15) is 50.7 Å². The van der Waals surface area contributed by atoms with Crippen LogP contribution in [0, 0.1) is 6.92 Å². The van der Waals surface area contributed by atoms with E-state index in [9.17, 15) is 9.59 Å². The lowest BCUT2D eigenvalue weighted by Gasteiger charge is -2.36. The van der Waals surface area contributed by atoms with E-state index in [0.717, 1.165) is 69.5 Å². The molecule has 0 N–H and O–H groups in total. The Bertz CT molecular complexity index is 731. The van der Waals surface area contributed by atoms with Crippen molar-refractivity contribution in [3.63, 3.8) is 0 Å². The average Bonchev–Trinajstić information content (AvgIpc) is 2.96. The summed E-state index contributed by atoms with van der Waals surface area (Å²) in [4.78, 5) is 32.5. The van der Waals surface area contributed by atoms with Gasteiger partial charge < -0.3 is 9.80 Å². The van der Waals surface area contributed by atoms with E-state index in [4.69, 9.17) is 0 Å². The van der Waals surface area contributed by atoms with Crippen molar-refractivity contribution in [1.82, 2.24) is 14.7 Å². The largest absolute Gasteiger partial charge is 0.364 e. The van der Waals surface area contributed by atoms with Gasteiger partial charge in [-0.05, 0) is 25.5 Å². The highest BCUT2D eigenvalue weighted by Crippen LogP contribution is 2.32. The van der Waals surface area contributed by atoms with Crippen molar-refractivity contribution in [2.75, 3.05) is 39.3 Å². The quantitative estimate of drug-likeness (QED) is 0.510. The van der Waals surface area contributed by atoms with Gasteiger partial charge in [0.2, 0.25) is 0 Å². The average molecular weight is 384 g/mol. The first-order chi connectivity index (χ1) is 13.6. The number of imide groups is 1. The number of carbonyl (C=O) groups is 2. The fourth-order valence-electron chi connectivity index (χ4n) is 4.02. The lowest BCUT2D eigenvalue weighted by atomic mass is 10.0. The predicted octanol–water partition coefficient (Wildman–Crippen LogP) is 3.29. The van der Waals surface area contributed by atoms with Crippen molar-refractivity contribution in [2.24, 2.45) is 0 Å². The summed E-state index contributed by atoms with van der Waals surface area (Å²) in [6.07, 6.45) is 4.21. The van der Waals surface area contributed by atoms with Gasteiger partial charge in [0, 0.05) is 32.7 Å². The topological polar surface area (TPSA) is 43.9 Å². The number of carbonyl (C=O) groups excluding carboxylic acids is 2. The van der Waals surface area contributed by atoms with Gasteiger partial charge in [-0.15, -0.1) is 0 Å². The first-order valence-electron chi connectivity index (χ1n) is 10.7. The third kappa shape index (κ3) is 4.30. The maximum atomic E-state index is 13.3.